The van der Waals surface area contributed by atoms with Crippen LogP contribution in [0, 0.1) is 13.8 Å². The summed E-state index contributed by atoms with van der Waals surface area (Å²) in [6.07, 6.45) is 1.00. The van der Waals surface area contributed by atoms with Gasteiger partial charge < -0.3 is 30.6 Å². The number of carbonyl (C=O) groups is 2. The zero-order valence-electron chi connectivity index (χ0n) is 17.4. The molecule has 0 aromatic heterocycles. The summed E-state index contributed by atoms with van der Waals surface area (Å²) in [5.74, 6) is -1.75. The van der Waals surface area contributed by atoms with Crippen molar-refractivity contribution < 1.29 is 40.2 Å². The second kappa shape index (κ2) is 19.5. The number of carboxylic acids is 2. The van der Waals surface area contributed by atoms with E-state index in [4.69, 9.17) is 30.6 Å². The Morgan fingerprint density at radius 1 is 0.567 bits per heavy atom. The summed E-state index contributed by atoms with van der Waals surface area (Å²) >= 11 is 0. The number of carboxylic acid groups (broad SMARTS) is 2. The number of benzene rings is 2. The molecule has 0 aliphatic rings. The van der Waals surface area contributed by atoms with E-state index in [0.29, 0.717) is 24.0 Å². The van der Waals surface area contributed by atoms with E-state index in [9.17, 15) is 9.59 Å². The van der Waals surface area contributed by atoms with Gasteiger partial charge in [0.15, 0.2) is 0 Å². The third kappa shape index (κ3) is 17.3. The van der Waals surface area contributed by atoms with Crippen molar-refractivity contribution in [2.24, 2.45) is 0 Å². The molecule has 0 saturated carbocycles. The highest BCUT2D eigenvalue weighted by Gasteiger charge is 1.99. The van der Waals surface area contributed by atoms with Gasteiger partial charge in [0.2, 0.25) is 0 Å². The van der Waals surface area contributed by atoms with Crippen molar-refractivity contribution >= 4 is 11.9 Å². The monoisotopic (exact) mass is 424 g/mol. The van der Waals surface area contributed by atoms with Gasteiger partial charge in [-0.3, -0.25) is 0 Å². The minimum absolute atomic E-state index is 0.0938. The van der Waals surface area contributed by atoms with Crippen molar-refractivity contribution in [3.8, 4) is 0 Å². The lowest BCUT2D eigenvalue weighted by molar-refractivity contribution is 0.0686. The summed E-state index contributed by atoms with van der Waals surface area (Å²) in [6, 6.07) is 13.5. The first-order valence-corrected chi connectivity index (χ1v) is 9.26. The van der Waals surface area contributed by atoms with E-state index in [2.05, 4.69) is 0 Å². The Balaban J connectivity index is 0. The molecular weight excluding hydrogens is 392 g/mol. The van der Waals surface area contributed by atoms with E-state index in [1.54, 1.807) is 48.5 Å². The average molecular weight is 424 g/mol. The first-order valence-electron chi connectivity index (χ1n) is 9.26. The summed E-state index contributed by atoms with van der Waals surface area (Å²) in [7, 11) is 0. The molecule has 8 heteroatoms. The van der Waals surface area contributed by atoms with E-state index in [0.717, 1.165) is 11.1 Å². The van der Waals surface area contributed by atoms with Crippen molar-refractivity contribution in [3.05, 3.63) is 70.8 Å². The number of hydrogen-bond donors (Lipinski definition) is 6. The standard InChI is InChI=1S/2C8H8O2.2C3H8O2/c2*1-6-2-4-7(5-3-6)8(9)10;2*4-2-1-3-5/h2*2-5H,1H3,(H,9,10);2*4-5H,1-3H2. The smallest absolute Gasteiger partial charge is 0.335 e. The van der Waals surface area contributed by atoms with Gasteiger partial charge in [-0.2, -0.15) is 0 Å². The van der Waals surface area contributed by atoms with Crippen molar-refractivity contribution in [1.82, 2.24) is 0 Å². The number of hydrogen-bond acceptors (Lipinski definition) is 6. The Morgan fingerprint density at radius 2 is 0.800 bits per heavy atom. The lowest BCUT2D eigenvalue weighted by Crippen LogP contribution is -1.94. The molecule has 168 valence electrons. The van der Waals surface area contributed by atoms with E-state index >= 15 is 0 Å². The largest absolute Gasteiger partial charge is 0.478 e. The van der Waals surface area contributed by atoms with Crippen LogP contribution in [0.3, 0.4) is 0 Å². The van der Waals surface area contributed by atoms with Crippen LogP contribution in [0.15, 0.2) is 48.5 Å². The fourth-order valence-corrected chi connectivity index (χ4v) is 1.53. The van der Waals surface area contributed by atoms with Crippen LogP contribution in [0.25, 0.3) is 0 Å². The van der Waals surface area contributed by atoms with Gasteiger partial charge in [-0.15, -0.1) is 0 Å². The molecule has 6 N–H and O–H groups in total. The predicted molar refractivity (Wildman–Crippen MR) is 114 cm³/mol. The van der Waals surface area contributed by atoms with Gasteiger partial charge in [-0.25, -0.2) is 9.59 Å². The highest BCUT2D eigenvalue weighted by Crippen LogP contribution is 2.02. The minimum Gasteiger partial charge on any atom is -0.478 e. The van der Waals surface area contributed by atoms with Crippen LogP contribution < -0.4 is 0 Å². The second-order valence-corrected chi connectivity index (χ2v) is 5.94. The Bertz CT molecular complexity index is 616. The molecule has 0 unspecified atom stereocenters. The van der Waals surface area contributed by atoms with E-state index in [-0.39, 0.29) is 26.4 Å². The number of aliphatic hydroxyl groups is 4. The molecule has 0 saturated heterocycles. The van der Waals surface area contributed by atoms with E-state index < -0.39 is 11.9 Å². The van der Waals surface area contributed by atoms with Gasteiger partial charge in [-0.1, -0.05) is 35.4 Å². The lowest BCUT2D eigenvalue weighted by atomic mass is 10.2. The van der Waals surface area contributed by atoms with Crippen LogP contribution in [-0.2, 0) is 0 Å². The van der Waals surface area contributed by atoms with Crippen LogP contribution in [0.4, 0.5) is 0 Å². The number of aliphatic hydroxyl groups excluding tert-OH is 4. The molecule has 0 amide bonds. The second-order valence-electron chi connectivity index (χ2n) is 5.94. The first-order chi connectivity index (χ1) is 14.2. The third-order valence-electron chi connectivity index (χ3n) is 3.23. The molecule has 0 heterocycles. The van der Waals surface area contributed by atoms with Crippen molar-refractivity contribution in [3.63, 3.8) is 0 Å². The fourth-order valence-electron chi connectivity index (χ4n) is 1.53. The maximum absolute atomic E-state index is 10.3. The molecule has 30 heavy (non-hydrogen) atoms. The van der Waals surface area contributed by atoms with Crippen molar-refractivity contribution in [1.29, 1.82) is 0 Å². The molecule has 0 bridgehead atoms. The predicted octanol–water partition coefficient (Wildman–Crippen LogP) is 2.11. The summed E-state index contributed by atoms with van der Waals surface area (Å²) in [6.45, 7) is 4.22. The van der Waals surface area contributed by atoms with Gasteiger partial charge in [0.25, 0.3) is 0 Å². The number of rotatable bonds is 6. The number of aromatic carboxylic acids is 2. The normalized spacial score (nSPS) is 9.00. The van der Waals surface area contributed by atoms with Crippen LogP contribution in [0.1, 0.15) is 44.7 Å². The Hall–Kier alpha value is -2.78. The maximum Gasteiger partial charge on any atom is 0.335 e. The highest BCUT2D eigenvalue weighted by atomic mass is 16.4. The van der Waals surface area contributed by atoms with E-state index in [1.807, 2.05) is 13.8 Å². The zero-order chi connectivity index (χ0) is 23.4. The quantitative estimate of drug-likeness (QED) is 0.412. The topological polar surface area (TPSA) is 156 Å². The molecule has 0 aliphatic carbocycles. The molecule has 8 nitrogen and oxygen atoms in total. The molecule has 0 spiro atoms. The van der Waals surface area contributed by atoms with Crippen LogP contribution >= 0.6 is 0 Å². The lowest BCUT2D eigenvalue weighted by Gasteiger charge is -1.92. The van der Waals surface area contributed by atoms with Crippen LogP contribution in [-0.4, -0.2) is 69.0 Å². The Morgan fingerprint density at radius 3 is 0.933 bits per heavy atom. The molecule has 0 radical (unpaired) electrons. The number of aryl methyl sites for hydroxylation is 2. The molecule has 2 rings (SSSR count). The first kappa shape index (κ1) is 29.4. The van der Waals surface area contributed by atoms with Gasteiger partial charge in [0, 0.05) is 26.4 Å². The van der Waals surface area contributed by atoms with Gasteiger partial charge in [0.1, 0.15) is 0 Å². The molecule has 0 atom stereocenters. The SMILES string of the molecule is Cc1ccc(C(=O)O)cc1.Cc1ccc(C(=O)O)cc1.OCCCO.OCCCO. The van der Waals surface area contributed by atoms with Crippen molar-refractivity contribution in [2.75, 3.05) is 26.4 Å². The zero-order valence-corrected chi connectivity index (χ0v) is 17.4. The third-order valence-corrected chi connectivity index (χ3v) is 3.23. The van der Waals surface area contributed by atoms with Gasteiger partial charge in [-0.05, 0) is 51.0 Å². The summed E-state index contributed by atoms with van der Waals surface area (Å²) in [5, 5.41) is 48.6. The molecule has 2 aromatic rings. The van der Waals surface area contributed by atoms with Crippen LogP contribution in [0.2, 0.25) is 0 Å². The highest BCUT2D eigenvalue weighted by molar-refractivity contribution is 5.87. The molecule has 0 fully saturated rings. The van der Waals surface area contributed by atoms with Crippen molar-refractivity contribution in [2.45, 2.75) is 26.7 Å². The fraction of sp³-hybridized carbons (Fsp3) is 0.364. The van der Waals surface area contributed by atoms with Crippen LogP contribution in [0.5, 0.6) is 0 Å². The summed E-state index contributed by atoms with van der Waals surface area (Å²) in [5.41, 5.74) is 2.83. The maximum atomic E-state index is 10.3. The summed E-state index contributed by atoms with van der Waals surface area (Å²) < 4.78 is 0. The molecule has 2 aromatic carbocycles. The van der Waals surface area contributed by atoms with Gasteiger partial charge in [0.05, 0.1) is 11.1 Å². The Kier molecular flexibility index (Phi) is 19.2. The minimum atomic E-state index is -0.875. The van der Waals surface area contributed by atoms with Gasteiger partial charge >= 0.3 is 11.9 Å². The molecule has 0 aliphatic heterocycles. The molecular formula is C22H32O8. The Labute approximate surface area is 176 Å². The average Bonchev–Trinajstić information content (AvgIpc) is 2.71. The van der Waals surface area contributed by atoms with E-state index in [1.165, 1.54) is 0 Å². The summed E-state index contributed by atoms with van der Waals surface area (Å²) in [4.78, 5) is 20.6.